The summed E-state index contributed by atoms with van der Waals surface area (Å²) in [6.07, 6.45) is 8.85. The van der Waals surface area contributed by atoms with Crippen molar-refractivity contribution >= 4 is 22.3 Å². The van der Waals surface area contributed by atoms with Crippen LogP contribution in [0, 0.1) is 5.92 Å². The molecule has 0 radical (unpaired) electrons. The Morgan fingerprint density at radius 1 is 1.13 bits per heavy atom. The third kappa shape index (κ3) is 6.87. The van der Waals surface area contributed by atoms with Gasteiger partial charge in [-0.25, -0.2) is 9.97 Å². The predicted molar refractivity (Wildman–Crippen MR) is 127 cm³/mol. The molecule has 2 fully saturated rings. The fraction of sp³-hybridized carbons (Fsp3) is 0.652. The van der Waals surface area contributed by atoms with E-state index in [1.165, 1.54) is 12.8 Å². The second-order valence-electron chi connectivity index (χ2n) is 8.54. The molecule has 2 aromatic heterocycles. The molecule has 0 aromatic carbocycles. The first-order chi connectivity index (χ1) is 15.3. The maximum Gasteiger partial charge on any atom is 0.183 e. The lowest BCUT2D eigenvalue weighted by Crippen LogP contribution is -2.38. The quantitative estimate of drug-likeness (QED) is 0.477. The fourth-order valence-corrected chi connectivity index (χ4v) is 5.08. The van der Waals surface area contributed by atoms with Crippen molar-refractivity contribution in [3.05, 3.63) is 23.7 Å². The molecule has 2 aliphatic rings. The molecule has 1 aliphatic carbocycles. The average Bonchev–Trinajstić information content (AvgIpc) is 3.29. The van der Waals surface area contributed by atoms with Gasteiger partial charge in [-0.1, -0.05) is 0 Å². The Balaban J connectivity index is 1.26. The number of aromatic nitrogens is 2. The lowest BCUT2D eigenvalue weighted by Gasteiger charge is -2.30. The van der Waals surface area contributed by atoms with E-state index in [-0.39, 0.29) is 0 Å². The van der Waals surface area contributed by atoms with Crippen molar-refractivity contribution < 1.29 is 9.47 Å². The molecule has 1 aliphatic heterocycles. The molecule has 3 N–H and O–H groups in total. The van der Waals surface area contributed by atoms with E-state index in [1.54, 1.807) is 18.4 Å². The van der Waals surface area contributed by atoms with Crippen molar-refractivity contribution in [2.24, 2.45) is 5.92 Å². The summed E-state index contributed by atoms with van der Waals surface area (Å²) in [7, 11) is 1.75. The van der Waals surface area contributed by atoms with E-state index in [2.05, 4.69) is 32.4 Å². The number of hydrogen-bond donors (Lipinski definition) is 3. The zero-order valence-corrected chi connectivity index (χ0v) is 19.3. The maximum atomic E-state index is 5.44. The van der Waals surface area contributed by atoms with Gasteiger partial charge in [-0.15, -0.1) is 11.3 Å². The second-order valence-corrected chi connectivity index (χ2v) is 9.40. The smallest absolute Gasteiger partial charge is 0.183 e. The lowest BCUT2D eigenvalue weighted by molar-refractivity contribution is 0.0699. The molecular weight excluding hydrogens is 410 g/mol. The van der Waals surface area contributed by atoms with Crippen LogP contribution in [-0.4, -0.2) is 62.1 Å². The highest BCUT2D eigenvalue weighted by molar-refractivity contribution is 7.14. The summed E-state index contributed by atoms with van der Waals surface area (Å²) in [5.74, 6) is 1.63. The number of anilines is 2. The average molecular weight is 446 g/mol. The highest BCUT2D eigenvalue weighted by atomic mass is 32.1. The summed E-state index contributed by atoms with van der Waals surface area (Å²) in [6, 6.07) is 5.25. The van der Waals surface area contributed by atoms with Gasteiger partial charge in [0.05, 0.1) is 12.3 Å². The third-order valence-electron chi connectivity index (χ3n) is 6.26. The van der Waals surface area contributed by atoms with Crippen molar-refractivity contribution in [2.75, 3.05) is 50.7 Å². The lowest BCUT2D eigenvalue weighted by atomic mass is 9.91. The molecule has 170 valence electrons. The molecule has 2 aromatic rings. The SMILES string of the molecule is COCCNC1CCC(Nc2cc(-c3csc(NCC4CCOCC4)n3)ccn2)CC1. The molecule has 7 nitrogen and oxygen atoms in total. The molecule has 1 saturated heterocycles. The molecule has 0 spiro atoms. The highest BCUT2D eigenvalue weighted by Crippen LogP contribution is 2.28. The van der Waals surface area contributed by atoms with E-state index in [0.717, 1.165) is 80.8 Å². The predicted octanol–water partition coefficient (Wildman–Crippen LogP) is 4.00. The number of thiazole rings is 1. The first-order valence-electron chi connectivity index (χ1n) is 11.5. The molecule has 8 heteroatoms. The van der Waals surface area contributed by atoms with Gasteiger partial charge in [-0.05, 0) is 56.6 Å². The van der Waals surface area contributed by atoms with Gasteiger partial charge in [0.2, 0.25) is 0 Å². The van der Waals surface area contributed by atoms with Crippen LogP contribution in [-0.2, 0) is 9.47 Å². The van der Waals surface area contributed by atoms with E-state index in [1.807, 2.05) is 12.3 Å². The van der Waals surface area contributed by atoms with Gasteiger partial charge in [-0.2, -0.15) is 0 Å². The van der Waals surface area contributed by atoms with Gasteiger partial charge >= 0.3 is 0 Å². The number of nitrogens with zero attached hydrogens (tertiary/aromatic N) is 2. The van der Waals surface area contributed by atoms with Crippen LogP contribution in [0.2, 0.25) is 0 Å². The van der Waals surface area contributed by atoms with Crippen molar-refractivity contribution in [3.63, 3.8) is 0 Å². The Morgan fingerprint density at radius 3 is 2.74 bits per heavy atom. The minimum atomic E-state index is 0.482. The molecule has 0 amide bonds. The van der Waals surface area contributed by atoms with Crippen molar-refractivity contribution in [2.45, 2.75) is 50.6 Å². The van der Waals surface area contributed by atoms with E-state index >= 15 is 0 Å². The first kappa shape index (κ1) is 22.5. The van der Waals surface area contributed by atoms with Gasteiger partial charge in [-0.3, -0.25) is 0 Å². The fourth-order valence-electron chi connectivity index (χ4n) is 4.35. The number of rotatable bonds is 10. The highest BCUT2D eigenvalue weighted by Gasteiger charge is 2.21. The van der Waals surface area contributed by atoms with Crippen LogP contribution in [0.15, 0.2) is 23.7 Å². The molecule has 4 rings (SSSR count). The molecule has 0 unspecified atom stereocenters. The number of ether oxygens (including phenoxy) is 2. The topological polar surface area (TPSA) is 80.3 Å². The third-order valence-corrected chi connectivity index (χ3v) is 7.06. The number of pyridine rings is 1. The van der Waals surface area contributed by atoms with Gasteiger partial charge < -0.3 is 25.4 Å². The van der Waals surface area contributed by atoms with Crippen LogP contribution in [0.1, 0.15) is 38.5 Å². The van der Waals surface area contributed by atoms with E-state index < -0.39 is 0 Å². The maximum absolute atomic E-state index is 5.44. The molecule has 1 saturated carbocycles. The second kappa shape index (κ2) is 11.8. The zero-order valence-electron chi connectivity index (χ0n) is 18.4. The molecule has 0 bridgehead atoms. The number of nitrogens with one attached hydrogen (secondary N) is 3. The standard InChI is InChI=1S/C23H35N5O2S/c1-29-13-10-24-19-2-4-20(5-3-19)27-22-14-18(6-9-25-22)21-16-31-23(28-21)26-15-17-7-11-30-12-8-17/h6,9,14,16-17,19-20,24H,2-5,7-8,10-13,15H2,1H3,(H,25,27)(H,26,28). The summed E-state index contributed by atoms with van der Waals surface area (Å²) in [5, 5.41) is 13.9. The van der Waals surface area contributed by atoms with E-state index in [4.69, 9.17) is 14.5 Å². The van der Waals surface area contributed by atoms with Crippen molar-refractivity contribution in [1.82, 2.24) is 15.3 Å². The van der Waals surface area contributed by atoms with Gasteiger partial charge in [0.25, 0.3) is 0 Å². The molecule has 31 heavy (non-hydrogen) atoms. The summed E-state index contributed by atoms with van der Waals surface area (Å²) in [6.45, 7) is 4.45. The summed E-state index contributed by atoms with van der Waals surface area (Å²) >= 11 is 1.67. The van der Waals surface area contributed by atoms with Crippen LogP contribution < -0.4 is 16.0 Å². The zero-order chi connectivity index (χ0) is 21.3. The van der Waals surface area contributed by atoms with E-state index in [9.17, 15) is 0 Å². The first-order valence-corrected chi connectivity index (χ1v) is 12.4. The Morgan fingerprint density at radius 2 is 1.94 bits per heavy atom. The van der Waals surface area contributed by atoms with Gasteiger partial charge in [0, 0.05) is 62.6 Å². The Bertz CT molecular complexity index is 788. The monoisotopic (exact) mass is 445 g/mol. The van der Waals surface area contributed by atoms with Crippen molar-refractivity contribution in [3.8, 4) is 11.3 Å². The Labute approximate surface area is 189 Å². The molecule has 0 atom stereocenters. The van der Waals surface area contributed by atoms with Crippen LogP contribution in [0.25, 0.3) is 11.3 Å². The summed E-state index contributed by atoms with van der Waals surface area (Å²) in [5.41, 5.74) is 2.12. The summed E-state index contributed by atoms with van der Waals surface area (Å²) < 4.78 is 10.6. The van der Waals surface area contributed by atoms with Crippen LogP contribution in [0.3, 0.4) is 0 Å². The van der Waals surface area contributed by atoms with Crippen LogP contribution in [0.5, 0.6) is 0 Å². The number of methoxy groups -OCH3 is 1. The van der Waals surface area contributed by atoms with E-state index in [0.29, 0.717) is 18.0 Å². The van der Waals surface area contributed by atoms with Crippen LogP contribution in [0.4, 0.5) is 10.9 Å². The largest absolute Gasteiger partial charge is 0.383 e. The minimum Gasteiger partial charge on any atom is -0.383 e. The van der Waals surface area contributed by atoms with Gasteiger partial charge in [0.15, 0.2) is 5.13 Å². The Hall–Kier alpha value is -1.74. The normalized spacial score (nSPS) is 22.4. The van der Waals surface area contributed by atoms with Crippen LogP contribution >= 0.6 is 11.3 Å². The Kier molecular flexibility index (Phi) is 8.52. The number of hydrogen-bond acceptors (Lipinski definition) is 8. The minimum absolute atomic E-state index is 0.482. The molecular formula is C23H35N5O2S. The van der Waals surface area contributed by atoms with Crippen molar-refractivity contribution in [1.29, 1.82) is 0 Å². The van der Waals surface area contributed by atoms with Gasteiger partial charge in [0.1, 0.15) is 5.82 Å². The molecule has 3 heterocycles. The summed E-state index contributed by atoms with van der Waals surface area (Å²) in [4.78, 5) is 9.35.